The summed E-state index contributed by atoms with van der Waals surface area (Å²) in [6.07, 6.45) is 3.55. The molecule has 0 aromatic heterocycles. The number of rotatable bonds is 2. The van der Waals surface area contributed by atoms with Crippen molar-refractivity contribution in [2.24, 2.45) is 0 Å². The first-order valence-electron chi connectivity index (χ1n) is 10.9. The van der Waals surface area contributed by atoms with Gasteiger partial charge < -0.3 is 14.5 Å². The van der Waals surface area contributed by atoms with Crippen LogP contribution in [-0.2, 0) is 30.5 Å². The Morgan fingerprint density at radius 2 is 1.77 bits per heavy atom. The molecule has 0 bridgehead atoms. The van der Waals surface area contributed by atoms with Crippen LogP contribution in [0.4, 0.5) is 10.5 Å². The molecule has 0 N–H and O–H groups in total. The second kappa shape index (κ2) is 8.50. The second-order valence-electron chi connectivity index (χ2n) is 9.31. The molecule has 0 saturated heterocycles. The Morgan fingerprint density at radius 3 is 2.50 bits per heavy atom. The Bertz CT molecular complexity index is 921. The van der Waals surface area contributed by atoms with Crippen molar-refractivity contribution in [2.45, 2.75) is 58.6 Å². The van der Waals surface area contributed by atoms with E-state index in [4.69, 9.17) is 16.3 Å². The van der Waals surface area contributed by atoms with E-state index >= 15 is 0 Å². The molecular weight excluding hydrogens is 396 g/mol. The zero-order valence-corrected chi connectivity index (χ0v) is 19.0. The smallest absolute Gasteiger partial charge is 0.410 e. The Kier molecular flexibility index (Phi) is 5.97. The van der Waals surface area contributed by atoms with Gasteiger partial charge in [0.2, 0.25) is 0 Å². The molecule has 4 nitrogen and oxygen atoms in total. The highest BCUT2D eigenvalue weighted by Crippen LogP contribution is 2.40. The molecule has 0 aliphatic carbocycles. The minimum absolute atomic E-state index is 0.234. The maximum atomic E-state index is 12.6. The molecule has 2 aromatic rings. The van der Waals surface area contributed by atoms with Crippen molar-refractivity contribution in [2.75, 3.05) is 24.5 Å². The average Bonchev–Trinajstić information content (AvgIpc) is 2.91. The summed E-state index contributed by atoms with van der Waals surface area (Å²) in [5.74, 6) is 0. The molecule has 0 saturated carbocycles. The number of amides is 1. The van der Waals surface area contributed by atoms with Gasteiger partial charge in [0.15, 0.2) is 0 Å². The summed E-state index contributed by atoms with van der Waals surface area (Å²) in [5.41, 5.74) is 5.83. The van der Waals surface area contributed by atoms with Crippen LogP contribution < -0.4 is 4.90 Å². The lowest BCUT2D eigenvalue weighted by molar-refractivity contribution is 0.0258. The SMILES string of the molecule is CC(C)(C)OC(=O)N1CCc2cc3c(c(Cl)c2CC1)N(Cc1ccccc1)CCC3. The normalized spacial score (nSPS) is 16.5. The third-order valence-corrected chi connectivity index (χ3v) is 6.26. The number of aryl methyl sites for hydroxylation is 1. The molecule has 2 aliphatic heterocycles. The quantitative estimate of drug-likeness (QED) is 0.624. The van der Waals surface area contributed by atoms with Crippen LogP contribution in [0.5, 0.6) is 0 Å². The second-order valence-corrected chi connectivity index (χ2v) is 9.69. The van der Waals surface area contributed by atoms with Gasteiger partial charge in [-0.15, -0.1) is 0 Å². The maximum absolute atomic E-state index is 12.6. The molecule has 160 valence electrons. The third-order valence-electron chi connectivity index (χ3n) is 5.85. The van der Waals surface area contributed by atoms with E-state index in [1.165, 1.54) is 27.9 Å². The molecule has 0 unspecified atom stereocenters. The van der Waals surface area contributed by atoms with Gasteiger partial charge in [-0.2, -0.15) is 0 Å². The summed E-state index contributed by atoms with van der Waals surface area (Å²) in [4.78, 5) is 16.8. The number of halogens is 1. The van der Waals surface area contributed by atoms with E-state index in [0.29, 0.717) is 13.1 Å². The topological polar surface area (TPSA) is 32.8 Å². The first-order chi connectivity index (χ1) is 14.3. The van der Waals surface area contributed by atoms with Crippen molar-refractivity contribution in [1.82, 2.24) is 4.90 Å². The fraction of sp³-hybridized carbons (Fsp3) is 0.480. The minimum Gasteiger partial charge on any atom is -0.444 e. The molecule has 4 rings (SSSR count). The number of hydrogen-bond donors (Lipinski definition) is 0. The fourth-order valence-electron chi connectivity index (χ4n) is 4.47. The molecule has 2 heterocycles. The van der Waals surface area contributed by atoms with Gasteiger partial charge in [-0.25, -0.2) is 4.79 Å². The molecule has 2 aromatic carbocycles. The summed E-state index contributed by atoms with van der Waals surface area (Å²) >= 11 is 7.04. The van der Waals surface area contributed by atoms with Gasteiger partial charge in [-0.1, -0.05) is 48.0 Å². The largest absolute Gasteiger partial charge is 0.444 e. The molecule has 2 aliphatic rings. The van der Waals surface area contributed by atoms with Crippen molar-refractivity contribution in [3.05, 3.63) is 63.7 Å². The van der Waals surface area contributed by atoms with Crippen molar-refractivity contribution in [3.8, 4) is 0 Å². The predicted octanol–water partition coefficient (Wildman–Crippen LogP) is 5.63. The van der Waals surface area contributed by atoms with Crippen molar-refractivity contribution >= 4 is 23.4 Å². The monoisotopic (exact) mass is 426 g/mol. The number of nitrogens with zero attached hydrogens (tertiary/aromatic N) is 2. The lowest BCUT2D eigenvalue weighted by Crippen LogP contribution is -2.38. The highest BCUT2D eigenvalue weighted by molar-refractivity contribution is 6.34. The van der Waals surface area contributed by atoms with Crippen LogP contribution in [0, 0.1) is 0 Å². The highest BCUT2D eigenvalue weighted by Gasteiger charge is 2.28. The molecule has 0 radical (unpaired) electrons. The van der Waals surface area contributed by atoms with Crippen LogP contribution in [0.1, 0.15) is 49.4 Å². The highest BCUT2D eigenvalue weighted by atomic mass is 35.5. The molecular formula is C25H31ClN2O2. The van der Waals surface area contributed by atoms with Gasteiger partial charge >= 0.3 is 6.09 Å². The molecule has 5 heteroatoms. The van der Waals surface area contributed by atoms with Gasteiger partial charge in [0.25, 0.3) is 0 Å². The van der Waals surface area contributed by atoms with E-state index in [0.717, 1.165) is 43.8 Å². The Morgan fingerprint density at radius 1 is 1.03 bits per heavy atom. The maximum Gasteiger partial charge on any atom is 0.410 e. The van der Waals surface area contributed by atoms with E-state index in [1.807, 2.05) is 25.7 Å². The van der Waals surface area contributed by atoms with Gasteiger partial charge in [0, 0.05) is 26.2 Å². The Balaban J connectivity index is 1.59. The van der Waals surface area contributed by atoms with Crippen LogP contribution in [0.25, 0.3) is 0 Å². The summed E-state index contributed by atoms with van der Waals surface area (Å²) in [5, 5.41) is 0.879. The number of carbonyl (C=O) groups excluding carboxylic acids is 1. The van der Waals surface area contributed by atoms with Crippen molar-refractivity contribution < 1.29 is 9.53 Å². The molecule has 0 fully saturated rings. The van der Waals surface area contributed by atoms with E-state index < -0.39 is 5.60 Å². The zero-order valence-electron chi connectivity index (χ0n) is 18.2. The van der Waals surface area contributed by atoms with Gasteiger partial charge in [-0.3, -0.25) is 0 Å². The van der Waals surface area contributed by atoms with E-state index in [-0.39, 0.29) is 6.09 Å². The lowest BCUT2D eigenvalue weighted by atomic mass is 9.93. The van der Waals surface area contributed by atoms with Crippen molar-refractivity contribution in [3.63, 3.8) is 0 Å². The van der Waals surface area contributed by atoms with E-state index in [9.17, 15) is 4.79 Å². The van der Waals surface area contributed by atoms with E-state index in [1.54, 1.807) is 0 Å². The van der Waals surface area contributed by atoms with Crippen LogP contribution in [0.2, 0.25) is 5.02 Å². The first kappa shape index (κ1) is 21.0. The summed E-state index contributed by atoms with van der Waals surface area (Å²) in [6.45, 7) is 8.92. The number of benzene rings is 2. The van der Waals surface area contributed by atoms with E-state index in [2.05, 4.69) is 41.3 Å². The molecule has 30 heavy (non-hydrogen) atoms. The number of fused-ring (bicyclic) bond motifs is 2. The summed E-state index contributed by atoms with van der Waals surface area (Å²) < 4.78 is 5.59. The fourth-order valence-corrected chi connectivity index (χ4v) is 4.93. The lowest BCUT2D eigenvalue weighted by Gasteiger charge is -2.34. The average molecular weight is 427 g/mol. The van der Waals surface area contributed by atoms with Gasteiger partial charge in [-0.05, 0) is 68.7 Å². The Labute approximate surface area is 184 Å². The predicted molar refractivity (Wildman–Crippen MR) is 122 cm³/mol. The van der Waals surface area contributed by atoms with Crippen LogP contribution in [0.15, 0.2) is 36.4 Å². The summed E-state index contributed by atoms with van der Waals surface area (Å²) in [6, 6.07) is 12.9. The van der Waals surface area contributed by atoms with Crippen LogP contribution in [-0.4, -0.2) is 36.2 Å². The standard InChI is InChI=1S/C25H31ClN2O2/c1-25(2,3)30-24(29)27-14-11-19-16-20-10-7-13-28(17-18-8-5-4-6-9-18)23(20)22(26)21(19)12-15-27/h4-6,8-9,16H,7,10-15,17H2,1-3H3. The minimum atomic E-state index is -0.481. The first-order valence-corrected chi connectivity index (χ1v) is 11.3. The van der Waals surface area contributed by atoms with Gasteiger partial charge in [0.05, 0.1) is 10.7 Å². The van der Waals surface area contributed by atoms with Crippen LogP contribution in [0.3, 0.4) is 0 Å². The molecule has 0 atom stereocenters. The number of carbonyl (C=O) groups is 1. The summed E-state index contributed by atoms with van der Waals surface area (Å²) in [7, 11) is 0. The van der Waals surface area contributed by atoms with Crippen molar-refractivity contribution in [1.29, 1.82) is 0 Å². The molecule has 1 amide bonds. The number of hydrogen-bond acceptors (Lipinski definition) is 3. The third kappa shape index (κ3) is 4.59. The number of ether oxygens (including phenoxy) is 1. The number of anilines is 1. The molecule has 0 spiro atoms. The van der Waals surface area contributed by atoms with Crippen LogP contribution >= 0.6 is 11.6 Å². The zero-order chi connectivity index (χ0) is 21.3. The van der Waals surface area contributed by atoms with Gasteiger partial charge in [0.1, 0.15) is 5.60 Å². The Hall–Kier alpha value is -2.20.